The monoisotopic (exact) mass is 395 g/mol. The Hall–Kier alpha value is -2.77. The summed E-state index contributed by atoms with van der Waals surface area (Å²) in [5.41, 5.74) is 2.41. The van der Waals surface area contributed by atoms with E-state index >= 15 is 0 Å². The molecule has 0 aliphatic carbocycles. The van der Waals surface area contributed by atoms with Gasteiger partial charge in [0, 0.05) is 52.1 Å². The summed E-state index contributed by atoms with van der Waals surface area (Å²) in [6, 6.07) is 12.0. The molecule has 29 heavy (non-hydrogen) atoms. The van der Waals surface area contributed by atoms with Crippen molar-refractivity contribution in [3.8, 4) is 0 Å². The molecular weight excluding hydrogens is 366 g/mol. The van der Waals surface area contributed by atoms with Crippen LogP contribution in [-0.4, -0.2) is 73.8 Å². The number of ether oxygens (including phenoxy) is 1. The van der Waals surface area contributed by atoms with E-state index in [1.165, 1.54) is 5.56 Å². The zero-order valence-electron chi connectivity index (χ0n) is 17.2. The van der Waals surface area contributed by atoms with Crippen molar-refractivity contribution >= 4 is 17.9 Å². The van der Waals surface area contributed by atoms with Gasteiger partial charge in [0.2, 0.25) is 5.95 Å². The molecule has 0 unspecified atom stereocenters. The Labute approximate surface area is 172 Å². The quantitative estimate of drug-likeness (QED) is 0.690. The summed E-state index contributed by atoms with van der Waals surface area (Å²) in [5, 5.41) is 2.81. The Balaban J connectivity index is 1.53. The van der Waals surface area contributed by atoms with Crippen molar-refractivity contribution in [1.29, 1.82) is 0 Å². The highest BCUT2D eigenvalue weighted by atomic mass is 16.5. The van der Waals surface area contributed by atoms with Crippen LogP contribution >= 0.6 is 0 Å². The molecule has 1 aromatic heterocycles. The predicted molar refractivity (Wildman–Crippen MR) is 115 cm³/mol. The number of aryl methyl sites for hydroxylation is 1. The van der Waals surface area contributed by atoms with Gasteiger partial charge in [-0.25, -0.2) is 9.97 Å². The SMILES string of the molecule is COCCNC(=O)c1cc(C)nc(N2CCN(C/C=C/c3ccccc3)CC2)n1. The lowest BCUT2D eigenvalue weighted by Gasteiger charge is -2.34. The van der Waals surface area contributed by atoms with Crippen LogP contribution in [0.1, 0.15) is 21.7 Å². The van der Waals surface area contributed by atoms with E-state index in [1.807, 2.05) is 25.1 Å². The third-order valence-electron chi connectivity index (χ3n) is 4.80. The van der Waals surface area contributed by atoms with Gasteiger partial charge in [-0.1, -0.05) is 42.5 Å². The maximum absolute atomic E-state index is 12.3. The van der Waals surface area contributed by atoms with Crippen LogP contribution in [-0.2, 0) is 4.74 Å². The molecule has 7 heteroatoms. The first-order valence-corrected chi connectivity index (χ1v) is 9.97. The number of anilines is 1. The zero-order chi connectivity index (χ0) is 20.5. The molecule has 1 aromatic carbocycles. The maximum Gasteiger partial charge on any atom is 0.270 e. The second kappa shape index (κ2) is 10.7. The van der Waals surface area contributed by atoms with Crippen molar-refractivity contribution in [3.63, 3.8) is 0 Å². The highest BCUT2D eigenvalue weighted by molar-refractivity contribution is 5.92. The van der Waals surface area contributed by atoms with Gasteiger partial charge in [0.1, 0.15) is 5.69 Å². The van der Waals surface area contributed by atoms with Crippen LogP contribution in [0.4, 0.5) is 5.95 Å². The summed E-state index contributed by atoms with van der Waals surface area (Å²) < 4.78 is 4.97. The number of carbonyl (C=O) groups excluding carboxylic acids is 1. The van der Waals surface area contributed by atoms with Crippen LogP contribution in [0, 0.1) is 6.92 Å². The normalized spacial score (nSPS) is 15.0. The van der Waals surface area contributed by atoms with Crippen LogP contribution in [0.25, 0.3) is 6.08 Å². The molecule has 2 aromatic rings. The maximum atomic E-state index is 12.3. The Kier molecular flexibility index (Phi) is 7.72. The zero-order valence-corrected chi connectivity index (χ0v) is 17.2. The molecule has 3 rings (SSSR count). The van der Waals surface area contributed by atoms with E-state index in [9.17, 15) is 4.79 Å². The highest BCUT2D eigenvalue weighted by Crippen LogP contribution is 2.13. The van der Waals surface area contributed by atoms with Gasteiger partial charge in [0.25, 0.3) is 5.91 Å². The summed E-state index contributed by atoms with van der Waals surface area (Å²) in [5.74, 6) is 0.430. The fourth-order valence-corrected chi connectivity index (χ4v) is 3.20. The highest BCUT2D eigenvalue weighted by Gasteiger charge is 2.20. The van der Waals surface area contributed by atoms with Gasteiger partial charge >= 0.3 is 0 Å². The molecule has 2 heterocycles. The Morgan fingerprint density at radius 2 is 1.93 bits per heavy atom. The van der Waals surface area contributed by atoms with Crippen LogP contribution in [0.3, 0.4) is 0 Å². The fourth-order valence-electron chi connectivity index (χ4n) is 3.20. The molecule has 1 fully saturated rings. The Bertz CT molecular complexity index is 817. The van der Waals surface area contributed by atoms with Crippen LogP contribution in [0.15, 0.2) is 42.5 Å². The number of aromatic nitrogens is 2. The van der Waals surface area contributed by atoms with Gasteiger partial charge in [-0.05, 0) is 18.6 Å². The van der Waals surface area contributed by atoms with Gasteiger partial charge in [-0.3, -0.25) is 9.69 Å². The average Bonchev–Trinajstić information content (AvgIpc) is 2.74. The van der Waals surface area contributed by atoms with E-state index in [0.717, 1.165) is 38.4 Å². The average molecular weight is 396 g/mol. The van der Waals surface area contributed by atoms with E-state index < -0.39 is 0 Å². The standard InChI is InChI=1S/C22H29N5O2/c1-18-17-20(21(28)23-10-16-29-2)25-22(24-18)27-14-12-26(13-15-27)11-6-9-19-7-4-3-5-8-19/h3-9,17H,10-16H2,1-2H3,(H,23,28)/b9-6+. The molecule has 154 valence electrons. The number of hydrogen-bond donors (Lipinski definition) is 1. The molecule has 1 aliphatic heterocycles. The van der Waals surface area contributed by atoms with Gasteiger partial charge in [-0.2, -0.15) is 0 Å². The summed E-state index contributed by atoms with van der Waals surface area (Å²) in [6.45, 7) is 7.30. The molecule has 1 N–H and O–H groups in total. The predicted octanol–water partition coefficient (Wildman–Crippen LogP) is 2.00. The molecule has 0 bridgehead atoms. The van der Waals surface area contributed by atoms with Gasteiger partial charge in [-0.15, -0.1) is 0 Å². The lowest BCUT2D eigenvalue weighted by atomic mass is 10.2. The second-order valence-corrected chi connectivity index (χ2v) is 7.04. The first kappa shape index (κ1) is 21.0. The molecule has 1 saturated heterocycles. The summed E-state index contributed by atoms with van der Waals surface area (Å²) >= 11 is 0. The van der Waals surface area contributed by atoms with Gasteiger partial charge in [0.05, 0.1) is 6.61 Å². The number of carbonyl (C=O) groups is 1. The summed E-state index contributed by atoms with van der Waals surface area (Å²) in [4.78, 5) is 25.9. The van der Waals surface area contributed by atoms with E-state index in [4.69, 9.17) is 4.74 Å². The summed E-state index contributed by atoms with van der Waals surface area (Å²) in [6.07, 6.45) is 4.36. The number of piperazine rings is 1. The largest absolute Gasteiger partial charge is 0.383 e. The van der Waals surface area contributed by atoms with E-state index in [0.29, 0.717) is 24.8 Å². The lowest BCUT2D eigenvalue weighted by molar-refractivity contribution is 0.0932. The number of benzene rings is 1. The number of rotatable bonds is 8. The first-order valence-electron chi connectivity index (χ1n) is 9.97. The Morgan fingerprint density at radius 1 is 1.17 bits per heavy atom. The smallest absolute Gasteiger partial charge is 0.270 e. The molecular formula is C22H29N5O2. The third kappa shape index (κ3) is 6.37. The first-order chi connectivity index (χ1) is 14.2. The van der Waals surface area contributed by atoms with Crippen LogP contribution in [0.5, 0.6) is 0 Å². The van der Waals surface area contributed by atoms with Crippen LogP contribution in [0.2, 0.25) is 0 Å². The molecule has 7 nitrogen and oxygen atoms in total. The third-order valence-corrected chi connectivity index (χ3v) is 4.80. The van der Waals surface area contributed by atoms with Crippen molar-refractivity contribution in [2.24, 2.45) is 0 Å². The van der Waals surface area contributed by atoms with Crippen molar-refractivity contribution < 1.29 is 9.53 Å². The van der Waals surface area contributed by atoms with Crippen LogP contribution < -0.4 is 10.2 Å². The minimum Gasteiger partial charge on any atom is -0.383 e. The molecule has 0 spiro atoms. The number of nitrogens with zero attached hydrogens (tertiary/aromatic N) is 4. The molecule has 0 atom stereocenters. The topological polar surface area (TPSA) is 70.6 Å². The number of methoxy groups -OCH3 is 1. The Morgan fingerprint density at radius 3 is 2.66 bits per heavy atom. The number of hydrogen-bond acceptors (Lipinski definition) is 6. The second-order valence-electron chi connectivity index (χ2n) is 7.04. The van der Waals surface area contributed by atoms with Crippen molar-refractivity contribution in [2.75, 3.05) is 57.9 Å². The lowest BCUT2D eigenvalue weighted by Crippen LogP contribution is -2.47. The molecule has 0 radical (unpaired) electrons. The van der Waals surface area contributed by atoms with E-state index in [1.54, 1.807) is 13.2 Å². The van der Waals surface area contributed by atoms with Crippen molar-refractivity contribution in [3.05, 3.63) is 59.4 Å². The fraction of sp³-hybridized carbons (Fsp3) is 0.409. The number of nitrogens with one attached hydrogen (secondary N) is 1. The minimum atomic E-state index is -0.196. The molecule has 0 saturated carbocycles. The van der Waals surface area contributed by atoms with Crippen molar-refractivity contribution in [2.45, 2.75) is 6.92 Å². The van der Waals surface area contributed by atoms with E-state index in [2.05, 4.69) is 49.4 Å². The summed E-state index contributed by atoms with van der Waals surface area (Å²) in [7, 11) is 1.61. The number of amides is 1. The molecule has 1 amide bonds. The van der Waals surface area contributed by atoms with Gasteiger partial charge < -0.3 is 15.0 Å². The van der Waals surface area contributed by atoms with Crippen molar-refractivity contribution in [1.82, 2.24) is 20.2 Å². The van der Waals surface area contributed by atoms with E-state index in [-0.39, 0.29) is 5.91 Å². The minimum absolute atomic E-state index is 0.196. The molecule has 1 aliphatic rings. The van der Waals surface area contributed by atoms with Gasteiger partial charge in [0.15, 0.2) is 0 Å².